The Labute approximate surface area is 269 Å². The standard InChI is InChI=1S/C33H29ClN8O4/c34-27-11-12-30(42-21-37-40-41-42)25(18-27)10-13-32(44)38-28(16-22-4-2-1-3-5-22)29-19-26(20-36-39-29)24-8-6-23(7-9-24)17-33(45)46-15-14-31(35)43/h1-13,18-21,28H,14-17H2,(H2,35,43)(H,38,44)/b13-10+/t28-/m0/s1. The van der Waals surface area contributed by atoms with E-state index in [4.69, 9.17) is 22.1 Å². The summed E-state index contributed by atoms with van der Waals surface area (Å²) in [6.07, 6.45) is 6.68. The first-order valence-electron chi connectivity index (χ1n) is 14.3. The largest absolute Gasteiger partial charge is 0.465 e. The van der Waals surface area contributed by atoms with Gasteiger partial charge in [-0.1, -0.05) is 66.2 Å². The molecule has 0 unspecified atom stereocenters. The number of halogens is 1. The number of ether oxygens (including phenoxy) is 1. The maximum absolute atomic E-state index is 13.3. The molecule has 2 amide bonds. The summed E-state index contributed by atoms with van der Waals surface area (Å²) in [5, 5.41) is 23.4. The predicted molar refractivity (Wildman–Crippen MR) is 170 cm³/mol. The van der Waals surface area contributed by atoms with Crippen LogP contribution in [0.3, 0.4) is 0 Å². The Morgan fingerprint density at radius 1 is 0.957 bits per heavy atom. The van der Waals surface area contributed by atoms with Crippen LogP contribution in [0.4, 0.5) is 0 Å². The van der Waals surface area contributed by atoms with Crippen LogP contribution in [0.1, 0.15) is 34.8 Å². The van der Waals surface area contributed by atoms with Crippen molar-refractivity contribution in [2.45, 2.75) is 25.3 Å². The molecule has 232 valence electrons. The summed E-state index contributed by atoms with van der Waals surface area (Å²) < 4.78 is 6.54. The zero-order chi connectivity index (χ0) is 32.3. The first kappa shape index (κ1) is 31.7. The third-order valence-electron chi connectivity index (χ3n) is 6.88. The quantitative estimate of drug-likeness (QED) is 0.144. The van der Waals surface area contributed by atoms with Crippen LogP contribution >= 0.6 is 11.6 Å². The van der Waals surface area contributed by atoms with Gasteiger partial charge in [0.1, 0.15) is 12.9 Å². The number of benzene rings is 3. The van der Waals surface area contributed by atoms with Crippen molar-refractivity contribution < 1.29 is 19.1 Å². The molecule has 5 aromatic rings. The van der Waals surface area contributed by atoms with E-state index in [1.165, 1.54) is 17.1 Å². The van der Waals surface area contributed by atoms with Gasteiger partial charge < -0.3 is 15.8 Å². The van der Waals surface area contributed by atoms with E-state index in [0.29, 0.717) is 28.4 Å². The molecule has 3 aromatic carbocycles. The number of nitrogens with zero attached hydrogens (tertiary/aromatic N) is 6. The van der Waals surface area contributed by atoms with Crippen molar-refractivity contribution in [2.75, 3.05) is 6.61 Å². The predicted octanol–water partition coefficient (Wildman–Crippen LogP) is 3.85. The molecule has 12 nitrogen and oxygen atoms in total. The molecule has 5 rings (SSSR count). The van der Waals surface area contributed by atoms with Crippen molar-refractivity contribution in [3.05, 3.63) is 125 Å². The number of hydrogen-bond acceptors (Lipinski definition) is 9. The summed E-state index contributed by atoms with van der Waals surface area (Å²) >= 11 is 6.23. The Hall–Kier alpha value is -5.75. The van der Waals surface area contributed by atoms with Crippen LogP contribution in [0.5, 0.6) is 0 Å². The van der Waals surface area contributed by atoms with Crippen molar-refractivity contribution in [2.24, 2.45) is 5.73 Å². The van der Waals surface area contributed by atoms with Gasteiger partial charge in [0.05, 0.1) is 36.5 Å². The molecule has 1 atom stereocenters. The zero-order valence-corrected chi connectivity index (χ0v) is 25.2. The fourth-order valence-corrected chi connectivity index (χ4v) is 4.79. The van der Waals surface area contributed by atoms with Gasteiger partial charge in [0, 0.05) is 22.2 Å². The second-order valence-electron chi connectivity index (χ2n) is 10.2. The van der Waals surface area contributed by atoms with Crippen LogP contribution in [0.15, 0.2) is 97.5 Å². The van der Waals surface area contributed by atoms with Gasteiger partial charge in [-0.15, -0.1) is 5.10 Å². The number of carbonyl (C=O) groups excluding carboxylic acids is 3. The topological polar surface area (TPSA) is 168 Å². The van der Waals surface area contributed by atoms with Crippen LogP contribution < -0.4 is 11.1 Å². The number of amides is 2. The average molecular weight is 637 g/mol. The van der Waals surface area contributed by atoms with Crippen LogP contribution in [0, 0.1) is 0 Å². The van der Waals surface area contributed by atoms with Gasteiger partial charge >= 0.3 is 5.97 Å². The number of primary amides is 1. The van der Waals surface area contributed by atoms with E-state index in [-0.39, 0.29) is 25.4 Å². The Balaban J connectivity index is 1.33. The fraction of sp³-hybridized carbons (Fsp3) is 0.152. The minimum Gasteiger partial charge on any atom is -0.465 e. The van der Waals surface area contributed by atoms with Gasteiger partial charge in [-0.3, -0.25) is 14.4 Å². The first-order valence-corrected chi connectivity index (χ1v) is 14.6. The summed E-state index contributed by atoms with van der Waals surface area (Å²) in [5.41, 5.74) is 10.4. The van der Waals surface area contributed by atoms with E-state index in [1.807, 2.05) is 60.7 Å². The van der Waals surface area contributed by atoms with E-state index in [1.54, 1.807) is 30.5 Å². The molecule has 0 aliphatic rings. The normalized spacial score (nSPS) is 11.7. The highest BCUT2D eigenvalue weighted by Gasteiger charge is 2.18. The lowest BCUT2D eigenvalue weighted by Crippen LogP contribution is -2.29. The first-order chi connectivity index (χ1) is 22.3. The van der Waals surface area contributed by atoms with E-state index in [9.17, 15) is 14.4 Å². The van der Waals surface area contributed by atoms with E-state index in [0.717, 1.165) is 22.3 Å². The summed E-state index contributed by atoms with van der Waals surface area (Å²) in [6.45, 7) is -0.0451. The van der Waals surface area contributed by atoms with Gasteiger partial charge in [-0.25, -0.2) is 0 Å². The minimum absolute atomic E-state index is 0.0190. The smallest absolute Gasteiger partial charge is 0.310 e. The van der Waals surface area contributed by atoms with E-state index in [2.05, 4.69) is 31.0 Å². The number of tetrazole rings is 1. The lowest BCUT2D eigenvalue weighted by molar-refractivity contribution is -0.143. The number of nitrogens with two attached hydrogens (primary N) is 1. The van der Waals surface area contributed by atoms with Gasteiger partial charge in [-0.2, -0.15) is 14.9 Å². The van der Waals surface area contributed by atoms with E-state index >= 15 is 0 Å². The molecule has 0 bridgehead atoms. The van der Waals surface area contributed by atoms with Gasteiger partial charge in [0.25, 0.3) is 0 Å². The van der Waals surface area contributed by atoms with E-state index < -0.39 is 17.9 Å². The molecule has 46 heavy (non-hydrogen) atoms. The number of aromatic nitrogens is 6. The Bertz CT molecular complexity index is 1830. The molecule has 0 aliphatic heterocycles. The number of rotatable bonds is 13. The Kier molecular flexibility index (Phi) is 10.5. The molecular formula is C33H29ClN8O4. The van der Waals surface area contributed by atoms with Gasteiger partial charge in [-0.05, 0) is 63.9 Å². The molecule has 0 saturated carbocycles. The number of hydrogen-bond donors (Lipinski definition) is 2. The second kappa shape index (κ2) is 15.3. The lowest BCUT2D eigenvalue weighted by atomic mass is 9.99. The summed E-state index contributed by atoms with van der Waals surface area (Å²) in [6, 6.07) is 23.7. The Morgan fingerprint density at radius 2 is 1.76 bits per heavy atom. The highest BCUT2D eigenvalue weighted by Crippen LogP contribution is 2.24. The molecule has 0 fully saturated rings. The number of carbonyl (C=O) groups is 3. The van der Waals surface area contributed by atoms with Crippen LogP contribution in [0.2, 0.25) is 5.02 Å². The Morgan fingerprint density at radius 3 is 2.50 bits per heavy atom. The lowest BCUT2D eigenvalue weighted by Gasteiger charge is -2.18. The molecule has 2 aromatic heterocycles. The molecule has 0 spiro atoms. The highest BCUT2D eigenvalue weighted by molar-refractivity contribution is 6.30. The van der Waals surface area contributed by atoms with Crippen molar-refractivity contribution in [1.82, 2.24) is 35.7 Å². The van der Waals surface area contributed by atoms with Crippen molar-refractivity contribution in [1.29, 1.82) is 0 Å². The number of esters is 1. The van der Waals surface area contributed by atoms with Crippen molar-refractivity contribution in [3.63, 3.8) is 0 Å². The maximum atomic E-state index is 13.3. The zero-order valence-electron chi connectivity index (χ0n) is 24.5. The molecule has 0 aliphatic carbocycles. The molecule has 0 radical (unpaired) electrons. The third-order valence-corrected chi connectivity index (χ3v) is 7.11. The summed E-state index contributed by atoms with van der Waals surface area (Å²) in [4.78, 5) is 36.2. The maximum Gasteiger partial charge on any atom is 0.310 e. The minimum atomic E-state index is -0.530. The summed E-state index contributed by atoms with van der Waals surface area (Å²) in [5.74, 6) is -1.32. The number of nitrogens with one attached hydrogen (secondary N) is 1. The van der Waals surface area contributed by atoms with Gasteiger partial charge in [0.2, 0.25) is 11.8 Å². The van der Waals surface area contributed by atoms with Crippen molar-refractivity contribution >= 4 is 35.5 Å². The fourth-order valence-electron chi connectivity index (χ4n) is 4.61. The molecular weight excluding hydrogens is 608 g/mol. The van der Waals surface area contributed by atoms with Crippen molar-refractivity contribution in [3.8, 4) is 16.8 Å². The van der Waals surface area contributed by atoms with Crippen LogP contribution in [-0.2, 0) is 32.0 Å². The monoisotopic (exact) mass is 636 g/mol. The molecule has 0 saturated heterocycles. The molecule has 13 heteroatoms. The average Bonchev–Trinajstić information content (AvgIpc) is 3.59. The summed E-state index contributed by atoms with van der Waals surface area (Å²) in [7, 11) is 0. The SMILES string of the molecule is NC(=O)CCOC(=O)Cc1ccc(-c2cnnc([C@H](Cc3ccccc3)NC(=O)/C=C/c3cc(Cl)ccc3-n3cnnn3)c2)cc1. The van der Waals surface area contributed by atoms with Crippen LogP contribution in [0.25, 0.3) is 22.9 Å². The third kappa shape index (κ3) is 8.89. The highest BCUT2D eigenvalue weighted by atomic mass is 35.5. The molecule has 2 heterocycles. The van der Waals surface area contributed by atoms with Crippen LogP contribution in [-0.4, -0.2) is 54.8 Å². The molecule has 3 N–H and O–H groups in total. The second-order valence-corrected chi connectivity index (χ2v) is 10.7. The van der Waals surface area contributed by atoms with Gasteiger partial charge in [0.15, 0.2) is 0 Å².